The lowest BCUT2D eigenvalue weighted by atomic mass is 9.97. The number of likely N-dealkylation sites (tertiary alicyclic amines) is 1. The molecule has 2 amide bonds. The number of nitrogens with zero attached hydrogens (tertiary/aromatic N) is 1. The lowest BCUT2D eigenvalue weighted by Crippen LogP contribution is -2.55. The van der Waals surface area contributed by atoms with E-state index in [-0.39, 0.29) is 24.3 Å². The summed E-state index contributed by atoms with van der Waals surface area (Å²) in [6.07, 6.45) is 1.06. The maximum Gasteiger partial charge on any atom is 0.323 e. The van der Waals surface area contributed by atoms with E-state index in [1.165, 1.54) is 11.8 Å². The number of amides is 2. The zero-order valence-electron chi connectivity index (χ0n) is 11.9. The minimum Gasteiger partial charge on any atom is -0.480 e. The molecule has 3 atom stereocenters. The van der Waals surface area contributed by atoms with Gasteiger partial charge in [-0.1, -0.05) is 13.8 Å². The van der Waals surface area contributed by atoms with Gasteiger partial charge in [-0.05, 0) is 26.7 Å². The van der Waals surface area contributed by atoms with Crippen LogP contribution in [0.2, 0.25) is 0 Å². The van der Waals surface area contributed by atoms with Crippen LogP contribution in [0, 0.1) is 0 Å². The first kappa shape index (κ1) is 15.6. The highest BCUT2D eigenvalue weighted by molar-refractivity contribution is 6.06. The van der Waals surface area contributed by atoms with E-state index in [0.717, 1.165) is 0 Å². The zero-order chi connectivity index (χ0) is 14.8. The molecule has 6 heteroatoms. The number of rotatable bonds is 6. The first-order chi connectivity index (χ1) is 8.76. The summed E-state index contributed by atoms with van der Waals surface area (Å²) in [5, 5.41) is 12.0. The largest absolute Gasteiger partial charge is 0.480 e. The van der Waals surface area contributed by atoms with Crippen LogP contribution in [0.5, 0.6) is 0 Å². The van der Waals surface area contributed by atoms with Crippen LogP contribution in [0.4, 0.5) is 0 Å². The monoisotopic (exact) mass is 270 g/mol. The summed E-state index contributed by atoms with van der Waals surface area (Å²) < 4.78 is 0. The van der Waals surface area contributed by atoms with Gasteiger partial charge >= 0.3 is 5.97 Å². The molecular formula is C13H22N2O4. The minimum atomic E-state index is -1.19. The van der Waals surface area contributed by atoms with Gasteiger partial charge in [0, 0.05) is 6.04 Å². The van der Waals surface area contributed by atoms with Crippen LogP contribution in [0.15, 0.2) is 0 Å². The summed E-state index contributed by atoms with van der Waals surface area (Å²) in [7, 11) is 0. The molecular weight excluding hydrogens is 248 g/mol. The van der Waals surface area contributed by atoms with Gasteiger partial charge < -0.3 is 5.11 Å². The average Bonchev–Trinajstić information content (AvgIpc) is 2.63. The van der Waals surface area contributed by atoms with Crippen molar-refractivity contribution in [3.05, 3.63) is 0 Å². The van der Waals surface area contributed by atoms with Crippen molar-refractivity contribution in [1.29, 1.82) is 0 Å². The van der Waals surface area contributed by atoms with E-state index in [2.05, 4.69) is 5.32 Å². The fraction of sp³-hybridized carbons (Fsp3) is 0.769. The maximum absolute atomic E-state index is 12.2. The van der Waals surface area contributed by atoms with E-state index in [4.69, 9.17) is 0 Å². The molecule has 0 spiro atoms. The average molecular weight is 270 g/mol. The summed E-state index contributed by atoms with van der Waals surface area (Å²) >= 11 is 0. The molecule has 2 N–H and O–H groups in total. The predicted molar refractivity (Wildman–Crippen MR) is 69.5 cm³/mol. The highest BCUT2D eigenvalue weighted by atomic mass is 16.4. The predicted octanol–water partition coefficient (Wildman–Crippen LogP) is 0.755. The van der Waals surface area contributed by atoms with Crippen molar-refractivity contribution < 1.29 is 19.5 Å². The first-order valence-electron chi connectivity index (χ1n) is 6.63. The Bertz CT molecular complexity index is 396. The van der Waals surface area contributed by atoms with Crippen LogP contribution >= 0.6 is 0 Å². The highest BCUT2D eigenvalue weighted by Gasteiger charge is 2.44. The summed E-state index contributed by atoms with van der Waals surface area (Å²) in [6, 6.07) is -0.882. The molecule has 0 aromatic carbocycles. The van der Waals surface area contributed by atoms with Crippen LogP contribution in [-0.4, -0.2) is 45.4 Å². The second-order valence-corrected chi connectivity index (χ2v) is 5.25. The maximum atomic E-state index is 12.2. The van der Waals surface area contributed by atoms with Gasteiger partial charge in [-0.15, -0.1) is 0 Å². The first-order valence-corrected chi connectivity index (χ1v) is 6.63. The van der Waals surface area contributed by atoms with Crippen LogP contribution in [0.25, 0.3) is 0 Å². The number of imide groups is 1. The summed E-state index contributed by atoms with van der Waals surface area (Å²) in [5.74, 6) is -1.57. The van der Waals surface area contributed by atoms with Crippen LogP contribution in [-0.2, 0) is 14.4 Å². The summed E-state index contributed by atoms with van der Waals surface area (Å²) in [5.41, 5.74) is -1.19. The molecule has 1 fully saturated rings. The fourth-order valence-corrected chi connectivity index (χ4v) is 2.11. The number of carboxylic acids is 1. The smallest absolute Gasteiger partial charge is 0.323 e. The number of hydrogen-bond donors (Lipinski definition) is 2. The van der Waals surface area contributed by atoms with Crippen molar-refractivity contribution in [3.63, 3.8) is 0 Å². The van der Waals surface area contributed by atoms with Crippen molar-refractivity contribution in [1.82, 2.24) is 10.2 Å². The molecule has 108 valence electrons. The third-order valence-electron chi connectivity index (χ3n) is 3.89. The van der Waals surface area contributed by atoms with Gasteiger partial charge in [-0.3, -0.25) is 24.6 Å². The van der Waals surface area contributed by atoms with Gasteiger partial charge in [-0.25, -0.2) is 0 Å². The molecule has 3 unspecified atom stereocenters. The zero-order valence-corrected chi connectivity index (χ0v) is 11.9. The summed E-state index contributed by atoms with van der Waals surface area (Å²) in [4.78, 5) is 36.5. The van der Waals surface area contributed by atoms with Crippen molar-refractivity contribution in [2.24, 2.45) is 0 Å². The lowest BCUT2D eigenvalue weighted by molar-refractivity contribution is -0.145. The molecule has 1 saturated heterocycles. The van der Waals surface area contributed by atoms with Crippen molar-refractivity contribution in [2.75, 3.05) is 0 Å². The molecule has 1 aliphatic heterocycles. The molecule has 1 heterocycles. The summed E-state index contributed by atoms with van der Waals surface area (Å²) in [6.45, 7) is 6.97. The standard InChI is InChI=1S/C13H22N2O4/c1-5-8(3)15-10(16)7-9(11(15)17)14-13(4,6-2)12(18)19/h8-9,14H,5-7H2,1-4H3,(H,18,19). The van der Waals surface area contributed by atoms with Gasteiger partial charge in [0.15, 0.2) is 0 Å². The molecule has 0 aromatic heterocycles. The van der Waals surface area contributed by atoms with Crippen molar-refractivity contribution in [3.8, 4) is 0 Å². The fourth-order valence-electron chi connectivity index (χ4n) is 2.11. The molecule has 6 nitrogen and oxygen atoms in total. The van der Waals surface area contributed by atoms with Gasteiger partial charge in [0.2, 0.25) is 11.8 Å². The van der Waals surface area contributed by atoms with Crippen LogP contribution in [0.3, 0.4) is 0 Å². The Morgan fingerprint density at radius 1 is 1.53 bits per heavy atom. The number of carbonyl (C=O) groups is 3. The van der Waals surface area contributed by atoms with Crippen LogP contribution in [0.1, 0.15) is 47.0 Å². The molecule has 0 bridgehead atoms. The molecule has 0 radical (unpaired) electrons. The Morgan fingerprint density at radius 2 is 2.11 bits per heavy atom. The quantitative estimate of drug-likeness (QED) is 0.696. The van der Waals surface area contributed by atoms with E-state index < -0.39 is 17.6 Å². The SMILES string of the molecule is CCC(C)N1C(=O)CC(NC(C)(CC)C(=O)O)C1=O. The number of carboxylic acid groups (broad SMARTS) is 1. The van der Waals surface area contributed by atoms with E-state index in [0.29, 0.717) is 12.8 Å². The van der Waals surface area contributed by atoms with Crippen molar-refractivity contribution in [2.45, 2.75) is 64.6 Å². The highest BCUT2D eigenvalue weighted by Crippen LogP contribution is 2.21. The van der Waals surface area contributed by atoms with Gasteiger partial charge in [0.25, 0.3) is 0 Å². The Balaban J connectivity index is 2.86. The van der Waals surface area contributed by atoms with E-state index >= 15 is 0 Å². The topological polar surface area (TPSA) is 86.7 Å². The second kappa shape index (κ2) is 5.69. The Morgan fingerprint density at radius 3 is 2.53 bits per heavy atom. The van der Waals surface area contributed by atoms with E-state index in [9.17, 15) is 19.5 Å². The van der Waals surface area contributed by atoms with E-state index in [1.54, 1.807) is 6.92 Å². The third kappa shape index (κ3) is 2.94. The van der Waals surface area contributed by atoms with Crippen molar-refractivity contribution >= 4 is 17.8 Å². The molecule has 0 aliphatic carbocycles. The molecule has 0 saturated carbocycles. The third-order valence-corrected chi connectivity index (χ3v) is 3.89. The van der Waals surface area contributed by atoms with Gasteiger partial charge in [0.1, 0.15) is 5.54 Å². The Kier molecular flexibility index (Phi) is 4.68. The lowest BCUT2D eigenvalue weighted by Gasteiger charge is -2.28. The molecule has 1 aliphatic rings. The normalized spacial score (nSPS) is 24.4. The van der Waals surface area contributed by atoms with Gasteiger partial charge in [0.05, 0.1) is 12.5 Å². The minimum absolute atomic E-state index is 0.0338. The Hall–Kier alpha value is -1.43. The number of nitrogens with one attached hydrogen (secondary N) is 1. The van der Waals surface area contributed by atoms with Crippen LogP contribution < -0.4 is 5.32 Å². The van der Waals surface area contributed by atoms with E-state index in [1.807, 2.05) is 13.8 Å². The number of carbonyl (C=O) groups excluding carboxylic acids is 2. The molecule has 19 heavy (non-hydrogen) atoms. The Labute approximate surface area is 113 Å². The molecule has 1 rings (SSSR count). The number of aliphatic carboxylic acids is 1. The number of hydrogen-bond acceptors (Lipinski definition) is 4. The molecule has 0 aromatic rings. The second-order valence-electron chi connectivity index (χ2n) is 5.25. The van der Waals surface area contributed by atoms with Gasteiger partial charge in [-0.2, -0.15) is 0 Å².